The van der Waals surface area contributed by atoms with Gasteiger partial charge in [-0.25, -0.2) is 0 Å². The second kappa shape index (κ2) is 29.0. The minimum absolute atomic E-state index is 0.0603. The summed E-state index contributed by atoms with van der Waals surface area (Å²) in [5, 5.41) is 99.1. The van der Waals surface area contributed by atoms with Gasteiger partial charge in [-0.05, 0) is 55.7 Å². The van der Waals surface area contributed by atoms with Crippen molar-refractivity contribution in [2.75, 3.05) is 13.1 Å². The van der Waals surface area contributed by atoms with Crippen LogP contribution in [-0.4, -0.2) is 184 Å². The van der Waals surface area contributed by atoms with Gasteiger partial charge in [-0.15, -0.1) is 0 Å². The van der Waals surface area contributed by atoms with Crippen LogP contribution in [0, 0.1) is 11.8 Å². The van der Waals surface area contributed by atoms with Crippen molar-refractivity contribution < 1.29 is 79.2 Å². The Morgan fingerprint density at radius 2 is 1.36 bits per heavy atom. The number of nitrogens with zero attached hydrogens (tertiary/aromatic N) is 2. The number of fused-ring (bicyclic) bond motifs is 2. The maximum absolute atomic E-state index is 14.4. The number of phenols is 1. The summed E-state index contributed by atoms with van der Waals surface area (Å²) >= 11 is 0. The summed E-state index contributed by atoms with van der Waals surface area (Å²) in [6.45, 7) is 6.93. The molecule has 0 spiro atoms. The maximum atomic E-state index is 14.4. The highest BCUT2D eigenvalue weighted by Crippen LogP contribution is 2.26. The molecular formula is C50H80N8O16. The highest BCUT2D eigenvalue weighted by molar-refractivity contribution is 5.98. The van der Waals surface area contributed by atoms with E-state index in [1.807, 2.05) is 0 Å². The summed E-state index contributed by atoms with van der Waals surface area (Å²) in [5.41, 5.74) is 5.48. The van der Waals surface area contributed by atoms with Gasteiger partial charge in [0.15, 0.2) is 6.23 Å². The van der Waals surface area contributed by atoms with Gasteiger partial charge in [0, 0.05) is 38.8 Å². The Bertz CT molecular complexity index is 2070. The number of unbranched alkanes of at least 4 members (excludes halogenated alkanes) is 5. The molecule has 1 aromatic rings. The molecule has 3 heterocycles. The van der Waals surface area contributed by atoms with Crippen LogP contribution in [0.15, 0.2) is 24.3 Å². The van der Waals surface area contributed by atoms with Gasteiger partial charge in [0.05, 0.1) is 36.9 Å². The molecule has 3 saturated heterocycles. The molecule has 15 N–H and O–H groups in total. The molecule has 0 saturated carbocycles. The molecule has 4 rings (SSSR count). The Hall–Kier alpha value is -5.50. The molecule has 3 aliphatic rings. The second-order valence-corrected chi connectivity index (χ2v) is 20.5. The van der Waals surface area contributed by atoms with E-state index in [4.69, 9.17) is 5.73 Å². The van der Waals surface area contributed by atoms with Crippen molar-refractivity contribution in [1.82, 2.24) is 36.4 Å². The second-order valence-electron chi connectivity index (χ2n) is 20.5. The van der Waals surface area contributed by atoms with Gasteiger partial charge < -0.3 is 83.0 Å². The number of primary amides is 1. The molecule has 24 heteroatoms. The monoisotopic (exact) mass is 1050 g/mol. The number of carbonyl (C=O) groups excluding carboxylic acids is 8. The zero-order chi connectivity index (χ0) is 55.0. The minimum Gasteiger partial charge on any atom is -0.508 e. The Morgan fingerprint density at radius 3 is 2.00 bits per heavy atom. The molecule has 0 radical (unpaired) electrons. The lowest BCUT2D eigenvalue weighted by Gasteiger charge is -2.33. The summed E-state index contributed by atoms with van der Waals surface area (Å²) in [5.74, 6) is -7.77. The molecule has 3 fully saturated rings. The summed E-state index contributed by atoms with van der Waals surface area (Å²) < 4.78 is 0. The summed E-state index contributed by atoms with van der Waals surface area (Å²) in [7, 11) is 0. The number of amides is 8. The highest BCUT2D eigenvalue weighted by Gasteiger charge is 2.48. The summed E-state index contributed by atoms with van der Waals surface area (Å²) in [6, 6.07) is -6.00. The lowest BCUT2D eigenvalue weighted by atomic mass is 9.91. The summed E-state index contributed by atoms with van der Waals surface area (Å²) in [6.07, 6.45) is -7.35. The Balaban J connectivity index is 1.67. The molecule has 8 amide bonds. The molecule has 74 heavy (non-hydrogen) atoms. The van der Waals surface area contributed by atoms with Crippen LogP contribution in [-0.2, 0) is 38.4 Å². The lowest BCUT2D eigenvalue weighted by molar-refractivity contribution is -0.148. The fourth-order valence-electron chi connectivity index (χ4n) is 9.75. The molecule has 0 aromatic heterocycles. The average molecular weight is 1050 g/mol. The third-order valence-electron chi connectivity index (χ3n) is 14.2. The number of nitrogens with one attached hydrogen (secondary N) is 5. The van der Waals surface area contributed by atoms with Crippen LogP contribution in [0.3, 0.4) is 0 Å². The topological polar surface area (TPSA) is 391 Å². The number of aromatic hydroxyl groups is 1. The first-order chi connectivity index (χ1) is 34.9. The van der Waals surface area contributed by atoms with Crippen LogP contribution < -0.4 is 32.3 Å². The van der Waals surface area contributed by atoms with E-state index in [0.717, 1.165) is 55.2 Å². The number of phenolic OH excluding ortho intramolecular Hbond substituents is 1. The summed E-state index contributed by atoms with van der Waals surface area (Å²) in [4.78, 5) is 112. The van der Waals surface area contributed by atoms with Crippen molar-refractivity contribution in [2.45, 2.75) is 203 Å². The van der Waals surface area contributed by atoms with Crippen molar-refractivity contribution in [3.05, 3.63) is 29.8 Å². The number of benzene rings is 1. The van der Waals surface area contributed by atoms with Crippen molar-refractivity contribution in [3.63, 3.8) is 0 Å². The van der Waals surface area contributed by atoms with Gasteiger partial charge in [0.25, 0.3) is 0 Å². The Kier molecular flexibility index (Phi) is 23.9. The van der Waals surface area contributed by atoms with Crippen molar-refractivity contribution in [1.29, 1.82) is 0 Å². The van der Waals surface area contributed by atoms with Crippen LogP contribution in [0.25, 0.3) is 0 Å². The maximum Gasteiger partial charge on any atom is 0.248 e. The van der Waals surface area contributed by atoms with Crippen LogP contribution in [0.5, 0.6) is 5.75 Å². The van der Waals surface area contributed by atoms with E-state index in [0.29, 0.717) is 24.7 Å². The van der Waals surface area contributed by atoms with E-state index in [1.165, 1.54) is 30.7 Å². The Morgan fingerprint density at radius 1 is 0.743 bits per heavy atom. The number of rotatable bonds is 20. The predicted octanol–water partition coefficient (Wildman–Crippen LogP) is -2.31. The highest BCUT2D eigenvalue weighted by atomic mass is 16.3. The van der Waals surface area contributed by atoms with E-state index >= 15 is 0 Å². The quantitative estimate of drug-likeness (QED) is 0.0610. The Labute approximate surface area is 431 Å². The molecule has 0 unspecified atom stereocenters. The molecule has 416 valence electrons. The van der Waals surface area contributed by atoms with Gasteiger partial charge in [0.1, 0.15) is 48.1 Å². The smallest absolute Gasteiger partial charge is 0.248 e. The minimum atomic E-state index is -2.25. The van der Waals surface area contributed by atoms with E-state index in [-0.39, 0.29) is 24.2 Å². The SMILES string of the molecule is CC[C@H](C)C[C@H](C)CCCCCCCCC(=O)N[C@H]1C[C@@H](O)[C@@H](O)NC(=O)[C@@H]2[C@@H](O)CCN2C(=O)[C@H]([C@H](O)CC(N)=O)NC(=O)[C@H](C[C@@H](O)c2ccc(O)cc2)NC(=O)[C@@H]2C[C@@H](O)CN2C(=O)[C@H]([C@@H](C)O)NC1=O. The third-order valence-corrected chi connectivity index (χ3v) is 14.2. The van der Waals surface area contributed by atoms with Crippen LogP contribution in [0.2, 0.25) is 0 Å². The predicted molar refractivity (Wildman–Crippen MR) is 264 cm³/mol. The first kappa shape index (κ1) is 61.1. The molecule has 1 aromatic carbocycles. The molecule has 0 bridgehead atoms. The number of carbonyl (C=O) groups is 8. The van der Waals surface area contributed by atoms with Crippen molar-refractivity contribution in [3.8, 4) is 5.75 Å². The van der Waals surface area contributed by atoms with Crippen LogP contribution in [0.4, 0.5) is 0 Å². The third kappa shape index (κ3) is 17.8. The molecule has 15 atom stereocenters. The van der Waals surface area contributed by atoms with Gasteiger partial charge in [-0.2, -0.15) is 0 Å². The first-order valence-electron chi connectivity index (χ1n) is 25.9. The number of hydrogen-bond donors (Lipinski definition) is 14. The molecule has 24 nitrogen and oxygen atoms in total. The zero-order valence-corrected chi connectivity index (χ0v) is 42.8. The van der Waals surface area contributed by atoms with Crippen LogP contribution in [0.1, 0.15) is 136 Å². The zero-order valence-electron chi connectivity index (χ0n) is 42.8. The van der Waals surface area contributed by atoms with Crippen molar-refractivity contribution >= 4 is 47.3 Å². The van der Waals surface area contributed by atoms with Crippen molar-refractivity contribution in [2.24, 2.45) is 17.6 Å². The van der Waals surface area contributed by atoms with E-state index in [1.54, 1.807) is 0 Å². The van der Waals surface area contributed by atoms with Gasteiger partial charge in [-0.1, -0.05) is 77.8 Å². The molecule has 3 aliphatic heterocycles. The van der Waals surface area contributed by atoms with E-state index in [9.17, 15) is 79.2 Å². The van der Waals surface area contributed by atoms with E-state index < -0.39 is 165 Å². The fraction of sp³-hybridized carbons (Fsp3) is 0.720. The van der Waals surface area contributed by atoms with Crippen LogP contribution >= 0.6 is 0 Å². The molecule has 0 aliphatic carbocycles. The van der Waals surface area contributed by atoms with Gasteiger partial charge in [0.2, 0.25) is 47.3 Å². The van der Waals surface area contributed by atoms with Gasteiger partial charge in [-0.3, -0.25) is 38.4 Å². The number of aliphatic hydroxyl groups excluding tert-OH is 7. The van der Waals surface area contributed by atoms with E-state index in [2.05, 4.69) is 47.4 Å². The molecular weight excluding hydrogens is 969 g/mol. The lowest BCUT2D eigenvalue weighted by Crippen LogP contribution is -2.62. The first-order valence-corrected chi connectivity index (χ1v) is 25.9. The average Bonchev–Trinajstić information content (AvgIpc) is 3.93. The number of nitrogens with two attached hydrogens (primary N) is 1. The van der Waals surface area contributed by atoms with Gasteiger partial charge >= 0.3 is 0 Å². The largest absolute Gasteiger partial charge is 0.508 e. The fourth-order valence-corrected chi connectivity index (χ4v) is 9.75. The normalized spacial score (nSPS) is 28.8. The standard InChI is InChI=1S/C50H80N8O16/c1-5-26(2)20-27(3)12-10-8-6-7-9-11-13-40(67)52-32-23-38(65)47(71)56-48(72)43-35(62)18-19-57(43)50(74)42(37(64)24-39(51)66)55-45(69)33(22-36(63)29-14-16-30(60)17-15-29)53-46(70)34-21-31(61)25-58(34)49(73)41(28(4)59)54-44(32)68/h14-17,26-28,31-38,41-43,47,59-65,71H,5-13,18-25H2,1-4H3,(H2,51,66)(H,52,67)(H,53,70)(H,54,68)(H,55,69)(H,56,72)/t26-,27+,28+,31+,32-,33-,34-,35-,36+,37+,38+,41-,42-,43-,47+/m0/s1. The number of aliphatic hydroxyl groups is 7. The number of hydrogen-bond acceptors (Lipinski definition) is 16.